The van der Waals surface area contributed by atoms with Crippen LogP contribution in [-0.2, 0) is 53.1 Å². The zero-order valence-corrected chi connectivity index (χ0v) is 59.9. The van der Waals surface area contributed by atoms with Gasteiger partial charge < -0.3 is 52.9 Å². The lowest BCUT2D eigenvalue weighted by atomic mass is 10.0. The Morgan fingerprint density at radius 3 is 1.03 bits per heavy atom. The average Bonchev–Trinajstić information content (AvgIpc) is 0.801. The molecule has 9 heterocycles. The SMILES string of the molecule is C.COC(=O)c1cc(Cc2cc(C(=O)NCc3ccc(N)nc3C)ccn2)cc2cc(Cl)cnc12.COC(=O)c1cc(Cc2cc(C(=O)NCc3ccc(N)nc3C)ccn2)cc2cc(Cl)cnc12.COC(=O)c1cc(Cc2cc(C(=O)O)ccn2)cc2cc(Cl)cnc12.Cc1nc(N)ccc1CN.Cl. The van der Waals surface area contributed by atoms with E-state index in [9.17, 15) is 28.8 Å². The molecule has 0 saturated carbocycles. The van der Waals surface area contributed by atoms with Crippen molar-refractivity contribution in [3.63, 3.8) is 0 Å². The lowest BCUT2D eigenvalue weighted by molar-refractivity contribution is 0.0593. The summed E-state index contributed by atoms with van der Waals surface area (Å²) in [5.74, 6) is -1.54. The highest BCUT2D eigenvalue weighted by Gasteiger charge is 2.20. The van der Waals surface area contributed by atoms with E-state index in [4.69, 9.17) is 77.1 Å². The number of hydrogen-bond donors (Lipinski definition) is 7. The minimum Gasteiger partial charge on any atom is -0.478 e. The Bertz CT molecular complexity index is 5010. The van der Waals surface area contributed by atoms with Crippen molar-refractivity contribution in [3.8, 4) is 0 Å². The first-order valence-corrected chi connectivity index (χ1v) is 32.5. The summed E-state index contributed by atoms with van der Waals surface area (Å²) in [7, 11) is 3.94. The molecule has 0 fully saturated rings. The maximum absolute atomic E-state index is 12.7. The number of carbonyl (C=O) groups excluding carboxylic acids is 5. The van der Waals surface area contributed by atoms with Gasteiger partial charge in [-0.05, 0) is 163 Å². The number of nitrogens with two attached hydrogens (primary N) is 4. The van der Waals surface area contributed by atoms with Crippen LogP contribution < -0.4 is 33.6 Å². The van der Waals surface area contributed by atoms with Gasteiger partial charge >= 0.3 is 23.9 Å². The van der Waals surface area contributed by atoms with E-state index in [-0.39, 0.29) is 37.2 Å². The summed E-state index contributed by atoms with van der Waals surface area (Å²) in [4.78, 5) is 111. The van der Waals surface area contributed by atoms with Crippen LogP contribution >= 0.6 is 47.2 Å². The highest BCUT2D eigenvalue weighted by molar-refractivity contribution is 6.32. The number of carboxylic acid groups (broad SMARTS) is 1. The summed E-state index contributed by atoms with van der Waals surface area (Å²) in [6, 6.07) is 36.4. The van der Waals surface area contributed by atoms with Gasteiger partial charge in [-0.15, -0.1) is 12.4 Å². The van der Waals surface area contributed by atoms with Crippen LogP contribution in [0.4, 0.5) is 17.5 Å². The fraction of sp³-hybridized carbons (Fsp3) is 0.171. The second kappa shape index (κ2) is 37.3. The number of amides is 2. The molecular formula is C76H73Cl4N15O10. The number of fused-ring (bicyclic) bond motifs is 3. The Kier molecular flexibility index (Phi) is 28.6. The molecule has 0 aliphatic heterocycles. The number of esters is 3. The van der Waals surface area contributed by atoms with Crippen molar-refractivity contribution in [1.29, 1.82) is 0 Å². The van der Waals surface area contributed by atoms with Crippen LogP contribution in [0.2, 0.25) is 15.1 Å². The lowest BCUT2D eigenvalue weighted by Crippen LogP contribution is -2.23. The molecule has 0 aliphatic carbocycles. The number of ether oxygens (including phenoxy) is 3. The minimum absolute atomic E-state index is 0. The lowest BCUT2D eigenvalue weighted by Gasteiger charge is -2.10. The van der Waals surface area contributed by atoms with Crippen molar-refractivity contribution in [1.82, 2.24) is 55.5 Å². The fourth-order valence-corrected chi connectivity index (χ4v) is 11.2. The van der Waals surface area contributed by atoms with Gasteiger partial charge in [0.25, 0.3) is 11.8 Å². The van der Waals surface area contributed by atoms with Gasteiger partial charge in [-0.1, -0.05) is 60.4 Å². The van der Waals surface area contributed by atoms with Crippen LogP contribution in [0.3, 0.4) is 0 Å². The minimum atomic E-state index is -1.02. The number of nitrogens with one attached hydrogen (secondary N) is 2. The quantitative estimate of drug-likeness (QED) is 0.0329. The molecule has 25 nitrogen and oxygen atoms in total. The number of carbonyl (C=O) groups is 6. The van der Waals surface area contributed by atoms with Crippen molar-refractivity contribution < 1.29 is 48.1 Å². The third-order valence-electron chi connectivity index (χ3n) is 15.8. The number of nitrogens with zero attached hydrogens (tertiary/aromatic N) is 9. The molecule has 12 rings (SSSR count). The predicted octanol–water partition coefficient (Wildman–Crippen LogP) is 12.6. The largest absolute Gasteiger partial charge is 0.478 e. The van der Waals surface area contributed by atoms with Crippen LogP contribution in [0.15, 0.2) is 165 Å². The van der Waals surface area contributed by atoms with E-state index >= 15 is 0 Å². The molecule has 0 atom stereocenters. The van der Waals surface area contributed by atoms with E-state index in [2.05, 4.69) is 55.5 Å². The Morgan fingerprint density at radius 2 is 0.733 bits per heavy atom. The first-order chi connectivity index (χ1) is 49.4. The highest BCUT2D eigenvalue weighted by Crippen LogP contribution is 2.29. The molecule has 29 heteroatoms. The van der Waals surface area contributed by atoms with Crippen LogP contribution in [0, 0.1) is 20.8 Å². The van der Waals surface area contributed by atoms with Crippen LogP contribution in [0.1, 0.15) is 137 Å². The fourth-order valence-electron chi connectivity index (χ4n) is 10.7. The van der Waals surface area contributed by atoms with Crippen molar-refractivity contribution in [2.45, 2.75) is 67.1 Å². The van der Waals surface area contributed by atoms with Gasteiger partial charge in [0.1, 0.15) is 17.5 Å². The molecule has 0 bridgehead atoms. The van der Waals surface area contributed by atoms with Gasteiger partial charge in [0, 0.05) is 138 Å². The van der Waals surface area contributed by atoms with E-state index in [0.29, 0.717) is 149 Å². The van der Waals surface area contributed by atoms with E-state index < -0.39 is 23.9 Å². The van der Waals surface area contributed by atoms with Gasteiger partial charge in [-0.2, -0.15) is 0 Å². The summed E-state index contributed by atoms with van der Waals surface area (Å²) >= 11 is 18.2. The van der Waals surface area contributed by atoms with Gasteiger partial charge in [0.2, 0.25) is 0 Å². The monoisotopic (exact) mass is 1500 g/mol. The number of benzene rings is 3. The number of nitrogen functional groups attached to an aromatic ring is 3. The molecule has 105 heavy (non-hydrogen) atoms. The van der Waals surface area contributed by atoms with Gasteiger partial charge in [0.15, 0.2) is 0 Å². The highest BCUT2D eigenvalue weighted by atomic mass is 35.5. The standard InChI is InChI=1S/2C25H22ClN5O3.C18H13ClN2O4.C7H11N3.CH4.ClH/c2*1-14-17(3-4-22(27)31-14)12-30-24(32)16-5-6-28-20(11-16)8-15-7-18-10-19(26)13-29-23(18)21(9-15)25(33)34-2;1-25-18(24)15-6-10(4-12-7-13(19)9-21-16(12)15)5-14-8-11(17(22)23)2-3-20-14;1-5-6(4-8)2-3-7(9)10-5;;/h2*3-7,9-11,13H,8,12H2,1-2H3,(H2,27,31)(H,30,32);2-4,6-9H,5H2,1H3,(H,22,23);2-3H,4,8H2,1H3,(H2,9,10);1H4;1H. The number of hydrogen-bond acceptors (Lipinski definition) is 22. The molecule has 2 amide bonds. The second-order valence-corrected chi connectivity index (χ2v) is 24.3. The van der Waals surface area contributed by atoms with Crippen LogP contribution in [0.25, 0.3) is 32.7 Å². The molecule has 0 saturated heterocycles. The number of rotatable bonds is 17. The number of carboxylic acids is 1. The maximum atomic E-state index is 12.7. The summed E-state index contributed by atoms with van der Waals surface area (Å²) in [6.45, 7) is 6.78. The number of aromatic nitrogens is 9. The number of halogens is 4. The first kappa shape index (κ1) is 80.4. The summed E-state index contributed by atoms with van der Waals surface area (Å²) in [5.41, 5.74) is 35.4. The van der Waals surface area contributed by atoms with Gasteiger partial charge in [-0.25, -0.2) is 34.1 Å². The van der Waals surface area contributed by atoms with Crippen molar-refractivity contribution in [2.75, 3.05) is 38.5 Å². The number of anilines is 3. The molecule has 11 N–H and O–H groups in total. The average molecular weight is 1500 g/mol. The maximum Gasteiger partial charge on any atom is 0.340 e. The van der Waals surface area contributed by atoms with E-state index in [1.165, 1.54) is 58.2 Å². The van der Waals surface area contributed by atoms with E-state index in [1.54, 1.807) is 91.3 Å². The zero-order valence-electron chi connectivity index (χ0n) is 56.8. The summed E-state index contributed by atoms with van der Waals surface area (Å²) < 4.78 is 14.7. The van der Waals surface area contributed by atoms with Crippen molar-refractivity contribution in [3.05, 3.63) is 281 Å². The van der Waals surface area contributed by atoms with E-state index in [1.807, 2.05) is 57.2 Å². The van der Waals surface area contributed by atoms with Gasteiger partial charge in [0.05, 0.1) is 75.2 Å². The third kappa shape index (κ3) is 21.6. The summed E-state index contributed by atoms with van der Waals surface area (Å²) in [6.07, 6.45) is 10.2. The van der Waals surface area contributed by atoms with E-state index in [0.717, 1.165) is 50.5 Å². The molecule has 9 aromatic heterocycles. The summed E-state index contributed by atoms with van der Waals surface area (Å²) in [5, 5.41) is 18.4. The first-order valence-electron chi connectivity index (χ1n) is 31.4. The zero-order chi connectivity index (χ0) is 74.0. The molecule has 3 aromatic carbocycles. The number of aromatic carboxylic acids is 1. The Balaban J connectivity index is 0.000000206. The Morgan fingerprint density at radius 1 is 0.429 bits per heavy atom. The Labute approximate surface area is 624 Å². The number of methoxy groups -OCH3 is 3. The molecule has 0 spiro atoms. The van der Waals surface area contributed by atoms with Crippen molar-refractivity contribution >= 4 is 133 Å². The smallest absolute Gasteiger partial charge is 0.340 e. The van der Waals surface area contributed by atoms with Crippen LogP contribution in [0.5, 0.6) is 0 Å². The molecule has 0 radical (unpaired) electrons. The number of pyridine rings is 9. The second-order valence-electron chi connectivity index (χ2n) is 23.0. The third-order valence-corrected chi connectivity index (χ3v) is 16.4. The van der Waals surface area contributed by atoms with Crippen LogP contribution in [-0.4, -0.2) is 107 Å². The molecule has 12 aromatic rings. The molecule has 540 valence electrons. The predicted molar refractivity (Wildman–Crippen MR) is 407 cm³/mol. The van der Waals surface area contributed by atoms with Crippen molar-refractivity contribution in [2.24, 2.45) is 5.73 Å². The normalized spacial score (nSPS) is 10.5. The molecule has 0 aliphatic rings. The molecular weight excluding hydrogens is 1420 g/mol. The Hall–Kier alpha value is -11.9. The van der Waals surface area contributed by atoms with Gasteiger partial charge in [-0.3, -0.25) is 39.5 Å². The number of aryl methyl sites for hydroxylation is 3. The topological polar surface area (TPSA) is 394 Å². The molecule has 0 unspecified atom stereocenters.